The van der Waals surface area contributed by atoms with Gasteiger partial charge in [0.25, 0.3) is 5.91 Å². The normalized spacial score (nSPS) is 11.7. The fourth-order valence-corrected chi connectivity index (χ4v) is 1.34. The summed E-state index contributed by atoms with van der Waals surface area (Å²) in [5, 5.41) is 2.48. The summed E-state index contributed by atoms with van der Waals surface area (Å²) in [6, 6.07) is 4.55. The molecule has 0 aliphatic carbocycles. The van der Waals surface area contributed by atoms with Gasteiger partial charge in [0.1, 0.15) is 11.9 Å². The fourth-order valence-electron chi connectivity index (χ4n) is 1.34. The number of esters is 1. The van der Waals surface area contributed by atoms with Crippen molar-refractivity contribution in [1.82, 2.24) is 5.32 Å². The summed E-state index contributed by atoms with van der Waals surface area (Å²) in [5.74, 6) is -1.51. The minimum absolute atomic E-state index is 0.173. The molecule has 1 N–H and O–H groups in total. The first-order chi connectivity index (χ1) is 8.08. The zero-order valence-electron chi connectivity index (χ0n) is 9.70. The van der Waals surface area contributed by atoms with Crippen LogP contribution in [0, 0.1) is 5.82 Å². The van der Waals surface area contributed by atoms with Crippen LogP contribution < -0.4 is 5.32 Å². The van der Waals surface area contributed by atoms with Gasteiger partial charge in [-0.2, -0.15) is 0 Å². The Morgan fingerprint density at radius 1 is 1.47 bits per heavy atom. The summed E-state index contributed by atoms with van der Waals surface area (Å²) >= 11 is 0. The first-order valence-corrected chi connectivity index (χ1v) is 5.22. The van der Waals surface area contributed by atoms with E-state index in [0.29, 0.717) is 6.42 Å². The molecule has 0 aliphatic rings. The molecule has 0 fully saturated rings. The van der Waals surface area contributed by atoms with E-state index in [-0.39, 0.29) is 5.56 Å². The van der Waals surface area contributed by atoms with E-state index in [2.05, 4.69) is 10.1 Å². The van der Waals surface area contributed by atoms with Crippen molar-refractivity contribution in [3.8, 4) is 0 Å². The van der Waals surface area contributed by atoms with E-state index in [1.807, 2.05) is 0 Å². The Hall–Kier alpha value is -1.91. The van der Waals surface area contributed by atoms with Gasteiger partial charge in [-0.25, -0.2) is 9.18 Å². The molecule has 0 spiro atoms. The van der Waals surface area contributed by atoms with Crippen LogP contribution in [0.5, 0.6) is 0 Å². The number of halogens is 1. The van der Waals surface area contributed by atoms with Gasteiger partial charge in [0.2, 0.25) is 0 Å². The summed E-state index contributed by atoms with van der Waals surface area (Å²) in [7, 11) is 1.25. The maximum atomic E-state index is 12.9. The Balaban J connectivity index is 2.74. The van der Waals surface area contributed by atoms with Gasteiger partial charge in [0.05, 0.1) is 7.11 Å². The van der Waals surface area contributed by atoms with E-state index in [9.17, 15) is 14.0 Å². The molecule has 92 valence electrons. The van der Waals surface area contributed by atoms with Gasteiger partial charge < -0.3 is 10.1 Å². The highest BCUT2D eigenvalue weighted by molar-refractivity contribution is 5.96. The lowest BCUT2D eigenvalue weighted by atomic mass is 10.1. The van der Waals surface area contributed by atoms with E-state index in [1.165, 1.54) is 25.3 Å². The van der Waals surface area contributed by atoms with Gasteiger partial charge in [-0.3, -0.25) is 4.79 Å². The third-order valence-corrected chi connectivity index (χ3v) is 2.29. The molecule has 0 aliphatic heterocycles. The Morgan fingerprint density at radius 2 is 2.18 bits per heavy atom. The van der Waals surface area contributed by atoms with Crippen LogP contribution in [0.2, 0.25) is 0 Å². The summed E-state index contributed by atoms with van der Waals surface area (Å²) < 4.78 is 17.4. The van der Waals surface area contributed by atoms with Crippen molar-refractivity contribution >= 4 is 11.9 Å². The highest BCUT2D eigenvalue weighted by atomic mass is 19.1. The first kappa shape index (κ1) is 13.2. The molecule has 0 unspecified atom stereocenters. The molecule has 0 radical (unpaired) electrons. The van der Waals surface area contributed by atoms with E-state index >= 15 is 0 Å². The second-order valence-electron chi connectivity index (χ2n) is 3.47. The first-order valence-electron chi connectivity index (χ1n) is 5.22. The van der Waals surface area contributed by atoms with E-state index in [0.717, 1.165) is 6.07 Å². The van der Waals surface area contributed by atoms with Crippen molar-refractivity contribution in [3.05, 3.63) is 35.6 Å². The number of benzene rings is 1. The molecule has 5 heteroatoms. The molecular formula is C12H14FNO3. The summed E-state index contributed by atoms with van der Waals surface area (Å²) in [5.41, 5.74) is 0.173. The lowest BCUT2D eigenvalue weighted by Gasteiger charge is -2.14. The van der Waals surface area contributed by atoms with Crippen molar-refractivity contribution in [3.63, 3.8) is 0 Å². The van der Waals surface area contributed by atoms with Crippen molar-refractivity contribution in [1.29, 1.82) is 0 Å². The van der Waals surface area contributed by atoms with E-state index in [1.54, 1.807) is 6.92 Å². The van der Waals surface area contributed by atoms with Gasteiger partial charge in [-0.05, 0) is 24.6 Å². The van der Waals surface area contributed by atoms with Gasteiger partial charge in [-0.15, -0.1) is 0 Å². The van der Waals surface area contributed by atoms with Crippen LogP contribution in [-0.2, 0) is 9.53 Å². The van der Waals surface area contributed by atoms with Crippen LogP contribution >= 0.6 is 0 Å². The molecule has 4 nitrogen and oxygen atoms in total. The number of carbonyl (C=O) groups is 2. The molecule has 1 aromatic carbocycles. The van der Waals surface area contributed by atoms with Gasteiger partial charge >= 0.3 is 5.97 Å². The quantitative estimate of drug-likeness (QED) is 0.810. The number of hydrogen-bond acceptors (Lipinski definition) is 3. The topological polar surface area (TPSA) is 55.4 Å². The van der Waals surface area contributed by atoms with Gasteiger partial charge in [0, 0.05) is 5.56 Å². The smallest absolute Gasteiger partial charge is 0.328 e. The predicted octanol–water partition coefficient (Wildman–Crippen LogP) is 1.51. The highest BCUT2D eigenvalue weighted by Crippen LogP contribution is 2.04. The largest absolute Gasteiger partial charge is 0.467 e. The molecule has 1 atom stereocenters. The second kappa shape index (κ2) is 5.98. The molecule has 17 heavy (non-hydrogen) atoms. The SMILES string of the molecule is CC[C@@H](NC(=O)c1cccc(F)c1)C(=O)OC. The average Bonchev–Trinajstić information content (AvgIpc) is 2.34. The molecule has 1 aromatic rings. The summed E-state index contributed by atoms with van der Waals surface area (Å²) in [6.07, 6.45) is 0.410. The van der Waals surface area contributed by atoms with Crippen molar-refractivity contribution in [2.45, 2.75) is 19.4 Å². The third kappa shape index (κ3) is 3.55. The van der Waals surface area contributed by atoms with Crippen LogP contribution in [0.4, 0.5) is 4.39 Å². The van der Waals surface area contributed by atoms with E-state index < -0.39 is 23.7 Å². The maximum Gasteiger partial charge on any atom is 0.328 e. The molecule has 0 heterocycles. The molecule has 0 saturated heterocycles. The zero-order chi connectivity index (χ0) is 12.8. The minimum Gasteiger partial charge on any atom is -0.467 e. The lowest BCUT2D eigenvalue weighted by molar-refractivity contribution is -0.142. The Kier molecular flexibility index (Phi) is 4.63. The molecule has 1 rings (SSSR count). The standard InChI is InChI=1S/C12H14FNO3/c1-3-10(12(16)17-2)14-11(15)8-5-4-6-9(13)7-8/h4-7,10H,3H2,1-2H3,(H,14,15)/t10-/m1/s1. The van der Waals surface area contributed by atoms with Gasteiger partial charge in [0.15, 0.2) is 0 Å². The van der Waals surface area contributed by atoms with Crippen molar-refractivity contribution < 1.29 is 18.7 Å². The molecule has 0 aromatic heterocycles. The number of ether oxygens (including phenoxy) is 1. The maximum absolute atomic E-state index is 12.9. The zero-order valence-corrected chi connectivity index (χ0v) is 9.70. The van der Waals surface area contributed by atoms with Gasteiger partial charge in [-0.1, -0.05) is 13.0 Å². The highest BCUT2D eigenvalue weighted by Gasteiger charge is 2.19. The molecule has 0 saturated carbocycles. The molecule has 0 bridgehead atoms. The number of rotatable bonds is 4. The van der Waals surface area contributed by atoms with Crippen LogP contribution in [0.25, 0.3) is 0 Å². The Morgan fingerprint density at radius 3 is 2.71 bits per heavy atom. The van der Waals surface area contributed by atoms with Crippen LogP contribution in [0.1, 0.15) is 23.7 Å². The molecule has 1 amide bonds. The van der Waals surface area contributed by atoms with Crippen LogP contribution in [0.15, 0.2) is 24.3 Å². The second-order valence-corrected chi connectivity index (χ2v) is 3.47. The minimum atomic E-state index is -0.712. The number of methoxy groups -OCH3 is 1. The lowest BCUT2D eigenvalue weighted by Crippen LogP contribution is -2.41. The average molecular weight is 239 g/mol. The van der Waals surface area contributed by atoms with Crippen molar-refractivity contribution in [2.75, 3.05) is 7.11 Å². The number of hydrogen-bond donors (Lipinski definition) is 1. The van der Waals surface area contributed by atoms with E-state index in [4.69, 9.17) is 0 Å². The number of carbonyl (C=O) groups excluding carboxylic acids is 2. The monoisotopic (exact) mass is 239 g/mol. The number of nitrogens with one attached hydrogen (secondary N) is 1. The molecular weight excluding hydrogens is 225 g/mol. The Labute approximate surface area is 98.8 Å². The van der Waals surface area contributed by atoms with Crippen molar-refractivity contribution in [2.24, 2.45) is 0 Å². The predicted molar refractivity (Wildman–Crippen MR) is 60.0 cm³/mol. The fraction of sp³-hybridized carbons (Fsp3) is 0.333. The Bertz CT molecular complexity index is 420. The van der Waals surface area contributed by atoms with Crippen LogP contribution in [0.3, 0.4) is 0 Å². The summed E-state index contributed by atoms with van der Waals surface area (Å²) in [4.78, 5) is 23.0. The summed E-state index contributed by atoms with van der Waals surface area (Å²) in [6.45, 7) is 1.74. The van der Waals surface area contributed by atoms with Crippen LogP contribution in [-0.4, -0.2) is 25.0 Å². The number of amides is 1. The third-order valence-electron chi connectivity index (χ3n) is 2.29.